The number of benzene rings is 2. The van der Waals surface area contributed by atoms with Crippen LogP contribution in [-0.2, 0) is 11.3 Å². The molecular weight excluding hydrogens is 371 g/mol. The fourth-order valence-corrected chi connectivity index (χ4v) is 3.40. The number of amides is 1. The number of aromatic amines is 1. The van der Waals surface area contributed by atoms with Gasteiger partial charge in [0.2, 0.25) is 0 Å². The highest BCUT2D eigenvalue weighted by Crippen LogP contribution is 2.18. The van der Waals surface area contributed by atoms with E-state index in [2.05, 4.69) is 32.5 Å². The molecule has 7 heteroatoms. The molecule has 0 spiro atoms. The number of rotatable bonds is 6. The van der Waals surface area contributed by atoms with E-state index in [-0.39, 0.29) is 17.8 Å². The average Bonchev–Trinajstić information content (AvgIpc) is 3.24. The Hall–Kier alpha value is -3.03. The summed E-state index contributed by atoms with van der Waals surface area (Å²) < 4.78 is 18.9. The van der Waals surface area contributed by atoms with E-state index in [0.29, 0.717) is 24.5 Å². The van der Waals surface area contributed by atoms with Gasteiger partial charge < -0.3 is 10.1 Å². The number of nitrogens with one attached hydrogen (secondary N) is 2. The maximum absolute atomic E-state index is 13.1. The first-order valence-electron chi connectivity index (χ1n) is 9.65. The molecular formula is C22H23FN4O2. The first-order chi connectivity index (χ1) is 14.2. The monoisotopic (exact) mass is 394 g/mol. The topological polar surface area (TPSA) is 70.2 Å². The van der Waals surface area contributed by atoms with Crippen LogP contribution in [0.25, 0.3) is 11.3 Å². The van der Waals surface area contributed by atoms with Gasteiger partial charge in [-0.2, -0.15) is 5.10 Å². The molecule has 150 valence electrons. The summed E-state index contributed by atoms with van der Waals surface area (Å²) in [4.78, 5) is 14.8. The van der Waals surface area contributed by atoms with Crippen LogP contribution in [-0.4, -0.2) is 53.3 Å². The van der Waals surface area contributed by atoms with E-state index >= 15 is 0 Å². The lowest BCUT2D eigenvalue weighted by Gasteiger charge is -2.33. The minimum Gasteiger partial charge on any atom is -0.374 e. The van der Waals surface area contributed by atoms with Gasteiger partial charge in [-0.25, -0.2) is 4.39 Å². The maximum atomic E-state index is 13.1. The summed E-state index contributed by atoms with van der Waals surface area (Å²) in [6, 6.07) is 18.0. The number of H-pyrrole nitrogens is 1. The van der Waals surface area contributed by atoms with Crippen LogP contribution in [0.1, 0.15) is 16.1 Å². The Balaban J connectivity index is 1.29. The molecule has 6 nitrogen and oxygen atoms in total. The van der Waals surface area contributed by atoms with Crippen LogP contribution in [0.2, 0.25) is 0 Å². The normalized spacial score (nSPS) is 17.2. The van der Waals surface area contributed by atoms with Crippen LogP contribution < -0.4 is 5.32 Å². The largest absolute Gasteiger partial charge is 0.374 e. The van der Waals surface area contributed by atoms with Gasteiger partial charge in [0.25, 0.3) is 5.91 Å². The Morgan fingerprint density at radius 3 is 2.79 bits per heavy atom. The van der Waals surface area contributed by atoms with Crippen LogP contribution >= 0.6 is 0 Å². The van der Waals surface area contributed by atoms with Crippen molar-refractivity contribution >= 4 is 5.91 Å². The van der Waals surface area contributed by atoms with Crippen molar-refractivity contribution in [2.75, 3.05) is 26.2 Å². The van der Waals surface area contributed by atoms with Gasteiger partial charge in [-0.05, 0) is 35.9 Å². The van der Waals surface area contributed by atoms with Crippen molar-refractivity contribution in [1.82, 2.24) is 20.4 Å². The molecule has 0 bridgehead atoms. The fraction of sp³-hybridized carbons (Fsp3) is 0.273. The molecule has 0 radical (unpaired) electrons. The van der Waals surface area contributed by atoms with Crippen molar-refractivity contribution in [3.05, 3.63) is 77.7 Å². The summed E-state index contributed by atoms with van der Waals surface area (Å²) in [6.45, 7) is 3.58. The van der Waals surface area contributed by atoms with Crippen LogP contribution in [0, 0.1) is 5.82 Å². The summed E-state index contributed by atoms with van der Waals surface area (Å²) in [6.07, 6.45) is -0.0593. The van der Waals surface area contributed by atoms with Crippen molar-refractivity contribution in [3.63, 3.8) is 0 Å². The molecule has 1 aliphatic rings. The van der Waals surface area contributed by atoms with Gasteiger partial charge in [-0.3, -0.25) is 14.8 Å². The second kappa shape index (κ2) is 8.98. The summed E-state index contributed by atoms with van der Waals surface area (Å²) in [5.41, 5.74) is 2.97. The number of halogens is 1. The van der Waals surface area contributed by atoms with Crippen molar-refractivity contribution in [2.45, 2.75) is 12.6 Å². The Bertz CT molecular complexity index is 943. The van der Waals surface area contributed by atoms with Gasteiger partial charge in [-0.1, -0.05) is 30.3 Å². The number of ether oxygens (including phenoxy) is 1. The lowest BCUT2D eigenvalue weighted by Crippen LogP contribution is -2.47. The molecule has 1 aliphatic heterocycles. The van der Waals surface area contributed by atoms with Gasteiger partial charge in [0.15, 0.2) is 0 Å². The van der Waals surface area contributed by atoms with Gasteiger partial charge in [0, 0.05) is 31.7 Å². The Morgan fingerprint density at radius 1 is 1.21 bits per heavy atom. The standard InChI is InChI=1S/C22H23FN4O2/c23-18-8-6-17(7-9-18)20-12-21(26-25-20)22(28)24-13-19-15-27(10-11-29-19)14-16-4-2-1-3-5-16/h1-9,12,19H,10-11,13-15H2,(H,24,28)(H,25,26)/t19-/m1/s1. The third-order valence-corrected chi connectivity index (χ3v) is 4.92. The zero-order chi connectivity index (χ0) is 20.1. The summed E-state index contributed by atoms with van der Waals surface area (Å²) in [7, 11) is 0. The van der Waals surface area contributed by atoms with Gasteiger partial charge in [-0.15, -0.1) is 0 Å². The highest BCUT2D eigenvalue weighted by atomic mass is 19.1. The lowest BCUT2D eigenvalue weighted by atomic mass is 10.1. The third-order valence-electron chi connectivity index (χ3n) is 4.92. The van der Waals surface area contributed by atoms with E-state index in [4.69, 9.17) is 4.74 Å². The van der Waals surface area contributed by atoms with Gasteiger partial charge in [0.1, 0.15) is 11.5 Å². The van der Waals surface area contributed by atoms with Crippen molar-refractivity contribution < 1.29 is 13.9 Å². The van der Waals surface area contributed by atoms with Crippen LogP contribution in [0.15, 0.2) is 60.7 Å². The molecule has 1 atom stereocenters. The van der Waals surface area contributed by atoms with E-state index in [0.717, 1.165) is 25.2 Å². The zero-order valence-corrected chi connectivity index (χ0v) is 16.0. The number of carbonyl (C=O) groups is 1. The number of aromatic nitrogens is 2. The van der Waals surface area contributed by atoms with E-state index in [1.54, 1.807) is 18.2 Å². The first-order valence-corrected chi connectivity index (χ1v) is 9.65. The van der Waals surface area contributed by atoms with Crippen LogP contribution in [0.3, 0.4) is 0 Å². The Kier molecular flexibility index (Phi) is 5.97. The van der Waals surface area contributed by atoms with Gasteiger partial charge >= 0.3 is 0 Å². The molecule has 3 aromatic rings. The number of carbonyl (C=O) groups excluding carboxylic acids is 1. The molecule has 1 amide bonds. The predicted octanol–water partition coefficient (Wildman–Crippen LogP) is 2.85. The molecule has 0 aliphatic carbocycles. The van der Waals surface area contributed by atoms with Crippen molar-refractivity contribution in [2.24, 2.45) is 0 Å². The smallest absolute Gasteiger partial charge is 0.269 e. The SMILES string of the molecule is O=C(NC[C@@H]1CN(Cc2ccccc2)CCO1)c1cc(-c2ccc(F)cc2)n[nH]1. The summed E-state index contributed by atoms with van der Waals surface area (Å²) in [5, 5.41) is 9.79. The lowest BCUT2D eigenvalue weighted by molar-refractivity contribution is -0.0292. The number of hydrogen-bond acceptors (Lipinski definition) is 4. The van der Waals surface area contributed by atoms with E-state index in [1.165, 1.54) is 17.7 Å². The predicted molar refractivity (Wildman–Crippen MR) is 108 cm³/mol. The van der Waals surface area contributed by atoms with Crippen molar-refractivity contribution in [1.29, 1.82) is 0 Å². The Morgan fingerprint density at radius 2 is 2.00 bits per heavy atom. The number of nitrogens with zero attached hydrogens (tertiary/aromatic N) is 2. The fourth-order valence-electron chi connectivity index (χ4n) is 3.40. The molecule has 4 rings (SSSR count). The van der Waals surface area contributed by atoms with Crippen molar-refractivity contribution in [3.8, 4) is 11.3 Å². The minimum absolute atomic E-state index is 0.0593. The minimum atomic E-state index is -0.309. The molecule has 2 aromatic carbocycles. The highest BCUT2D eigenvalue weighted by Gasteiger charge is 2.21. The number of morpholine rings is 1. The molecule has 1 fully saturated rings. The van der Waals surface area contributed by atoms with E-state index in [1.807, 2.05) is 18.2 Å². The van der Waals surface area contributed by atoms with Crippen LogP contribution in [0.4, 0.5) is 4.39 Å². The zero-order valence-electron chi connectivity index (χ0n) is 16.0. The summed E-state index contributed by atoms with van der Waals surface area (Å²) >= 11 is 0. The molecule has 0 unspecified atom stereocenters. The molecule has 2 heterocycles. The highest BCUT2D eigenvalue weighted by molar-refractivity contribution is 5.93. The third kappa shape index (κ3) is 5.07. The van der Waals surface area contributed by atoms with Crippen LogP contribution in [0.5, 0.6) is 0 Å². The molecule has 2 N–H and O–H groups in total. The summed E-state index contributed by atoms with van der Waals surface area (Å²) in [5.74, 6) is -0.550. The second-order valence-corrected chi connectivity index (χ2v) is 7.10. The molecule has 1 saturated heterocycles. The molecule has 0 saturated carbocycles. The molecule has 1 aromatic heterocycles. The second-order valence-electron chi connectivity index (χ2n) is 7.10. The average molecular weight is 394 g/mol. The van der Waals surface area contributed by atoms with E-state index < -0.39 is 0 Å². The first kappa shape index (κ1) is 19.3. The van der Waals surface area contributed by atoms with Gasteiger partial charge in [0.05, 0.1) is 18.4 Å². The number of hydrogen-bond donors (Lipinski definition) is 2. The molecule has 29 heavy (non-hydrogen) atoms. The Labute approximate surface area is 168 Å². The quantitative estimate of drug-likeness (QED) is 0.675. The van der Waals surface area contributed by atoms with E-state index in [9.17, 15) is 9.18 Å². The maximum Gasteiger partial charge on any atom is 0.269 e.